The Labute approximate surface area is 109 Å². The molecule has 0 spiro atoms. The van der Waals surface area contributed by atoms with Crippen LogP contribution in [0, 0.1) is 0 Å². The summed E-state index contributed by atoms with van der Waals surface area (Å²) in [6.45, 7) is 0. The molecule has 1 unspecified atom stereocenters. The second-order valence-electron chi connectivity index (χ2n) is 3.95. The number of ether oxygens (including phenoxy) is 2. The molecule has 1 heterocycles. The van der Waals surface area contributed by atoms with Crippen molar-refractivity contribution in [2.45, 2.75) is 10.3 Å². The third-order valence-electron chi connectivity index (χ3n) is 2.79. The average molecular weight is 260 g/mol. The summed E-state index contributed by atoms with van der Waals surface area (Å²) in [7, 11) is 1.53. The minimum absolute atomic E-state index is 0.112. The molecule has 0 aliphatic carbocycles. The number of hydrogen-bond donors (Lipinski definition) is 1. The SMILES string of the molecule is COc1ccc(C2Oc3ccccc3S2)cc1O. The highest BCUT2D eigenvalue weighted by atomic mass is 32.2. The monoisotopic (exact) mass is 260 g/mol. The van der Waals surface area contributed by atoms with Gasteiger partial charge in [0.15, 0.2) is 16.9 Å². The Balaban J connectivity index is 1.88. The minimum Gasteiger partial charge on any atom is -0.504 e. The second kappa shape index (κ2) is 4.46. The van der Waals surface area contributed by atoms with Crippen LogP contribution in [0.5, 0.6) is 17.2 Å². The van der Waals surface area contributed by atoms with E-state index in [1.54, 1.807) is 23.9 Å². The van der Waals surface area contributed by atoms with Crippen LogP contribution in [0.2, 0.25) is 0 Å². The molecule has 2 aromatic rings. The van der Waals surface area contributed by atoms with E-state index in [1.165, 1.54) is 7.11 Å². The third-order valence-corrected chi connectivity index (χ3v) is 3.97. The number of rotatable bonds is 2. The molecular weight excluding hydrogens is 248 g/mol. The maximum Gasteiger partial charge on any atom is 0.174 e. The lowest BCUT2D eigenvalue weighted by molar-refractivity contribution is 0.300. The molecule has 2 aromatic carbocycles. The molecule has 1 N–H and O–H groups in total. The Morgan fingerprint density at radius 2 is 2.06 bits per heavy atom. The van der Waals surface area contributed by atoms with Crippen molar-refractivity contribution in [2.24, 2.45) is 0 Å². The van der Waals surface area contributed by atoms with Crippen molar-refractivity contribution >= 4 is 11.8 Å². The standard InChI is InChI=1S/C14H12O3S/c1-16-11-7-6-9(8-10(11)15)14-17-12-4-2-3-5-13(12)18-14/h2-8,14-15H,1H3. The van der Waals surface area contributed by atoms with Crippen LogP contribution >= 0.6 is 11.8 Å². The summed E-state index contributed by atoms with van der Waals surface area (Å²) in [5.41, 5.74) is 0.814. The van der Waals surface area contributed by atoms with Crippen molar-refractivity contribution in [3.63, 3.8) is 0 Å². The predicted molar refractivity (Wildman–Crippen MR) is 70.3 cm³/mol. The van der Waals surface area contributed by atoms with Crippen molar-refractivity contribution in [3.05, 3.63) is 48.0 Å². The van der Waals surface area contributed by atoms with Gasteiger partial charge in [-0.15, -0.1) is 0 Å². The van der Waals surface area contributed by atoms with E-state index in [0.717, 1.165) is 16.2 Å². The van der Waals surface area contributed by atoms with Gasteiger partial charge in [-0.3, -0.25) is 0 Å². The normalized spacial score (nSPS) is 17.1. The van der Waals surface area contributed by atoms with E-state index < -0.39 is 0 Å². The number of methoxy groups -OCH3 is 1. The van der Waals surface area contributed by atoms with Crippen molar-refractivity contribution in [1.82, 2.24) is 0 Å². The van der Waals surface area contributed by atoms with Crippen LogP contribution in [0.3, 0.4) is 0 Å². The Morgan fingerprint density at radius 3 is 2.78 bits per heavy atom. The van der Waals surface area contributed by atoms with Gasteiger partial charge in [-0.1, -0.05) is 30.0 Å². The first-order valence-corrected chi connectivity index (χ1v) is 6.45. The van der Waals surface area contributed by atoms with Gasteiger partial charge in [0.05, 0.1) is 12.0 Å². The topological polar surface area (TPSA) is 38.7 Å². The molecule has 4 heteroatoms. The lowest BCUT2D eigenvalue weighted by atomic mass is 10.2. The van der Waals surface area contributed by atoms with Crippen LogP contribution in [-0.2, 0) is 0 Å². The number of para-hydroxylation sites is 1. The first kappa shape index (κ1) is 11.3. The van der Waals surface area contributed by atoms with E-state index in [-0.39, 0.29) is 11.2 Å². The van der Waals surface area contributed by atoms with Crippen LogP contribution in [0.25, 0.3) is 0 Å². The van der Waals surface area contributed by atoms with Crippen LogP contribution in [0.1, 0.15) is 11.0 Å². The molecule has 1 aliphatic heterocycles. The zero-order valence-corrected chi connectivity index (χ0v) is 10.6. The van der Waals surface area contributed by atoms with Gasteiger partial charge in [0, 0.05) is 5.56 Å². The van der Waals surface area contributed by atoms with E-state index in [2.05, 4.69) is 0 Å². The number of fused-ring (bicyclic) bond motifs is 1. The minimum atomic E-state index is -0.112. The molecule has 1 aliphatic rings. The molecule has 3 rings (SSSR count). The van der Waals surface area contributed by atoms with Crippen LogP contribution in [-0.4, -0.2) is 12.2 Å². The summed E-state index contributed by atoms with van der Waals surface area (Å²) in [6.07, 6.45) is 0. The fraction of sp³-hybridized carbons (Fsp3) is 0.143. The fourth-order valence-corrected chi connectivity index (χ4v) is 2.94. The van der Waals surface area contributed by atoms with Gasteiger partial charge in [-0.05, 0) is 24.3 Å². The zero-order valence-electron chi connectivity index (χ0n) is 9.79. The summed E-state index contributed by atoms with van der Waals surface area (Å²) in [4.78, 5) is 1.12. The molecule has 0 aromatic heterocycles. The molecule has 0 bridgehead atoms. The highest BCUT2D eigenvalue weighted by molar-refractivity contribution is 7.99. The number of aromatic hydroxyl groups is 1. The van der Waals surface area contributed by atoms with Crippen molar-refractivity contribution < 1.29 is 14.6 Å². The van der Waals surface area contributed by atoms with Gasteiger partial charge >= 0.3 is 0 Å². The molecule has 3 nitrogen and oxygen atoms in total. The lowest BCUT2D eigenvalue weighted by Gasteiger charge is -2.11. The highest BCUT2D eigenvalue weighted by Crippen LogP contribution is 2.49. The maximum absolute atomic E-state index is 9.78. The van der Waals surface area contributed by atoms with E-state index in [1.807, 2.05) is 30.3 Å². The fourth-order valence-electron chi connectivity index (χ4n) is 1.89. The zero-order chi connectivity index (χ0) is 12.5. The Kier molecular flexibility index (Phi) is 2.80. The third kappa shape index (κ3) is 1.88. The Bertz CT molecular complexity index is 558. The van der Waals surface area contributed by atoms with Crippen LogP contribution < -0.4 is 9.47 Å². The van der Waals surface area contributed by atoms with Gasteiger partial charge in [-0.2, -0.15) is 0 Å². The van der Waals surface area contributed by atoms with E-state index in [0.29, 0.717) is 5.75 Å². The van der Waals surface area contributed by atoms with Gasteiger partial charge in [0.2, 0.25) is 0 Å². The van der Waals surface area contributed by atoms with Crippen molar-refractivity contribution in [3.8, 4) is 17.2 Å². The number of phenols is 1. The van der Waals surface area contributed by atoms with Crippen LogP contribution in [0.4, 0.5) is 0 Å². The summed E-state index contributed by atoms with van der Waals surface area (Å²) in [6, 6.07) is 13.3. The summed E-state index contributed by atoms with van der Waals surface area (Å²) in [5, 5.41) is 9.78. The first-order chi connectivity index (χ1) is 8.78. The number of hydrogen-bond acceptors (Lipinski definition) is 4. The van der Waals surface area contributed by atoms with Crippen molar-refractivity contribution in [2.75, 3.05) is 7.11 Å². The molecule has 92 valence electrons. The highest BCUT2D eigenvalue weighted by Gasteiger charge is 2.25. The Hall–Kier alpha value is -1.81. The lowest BCUT2D eigenvalue weighted by Crippen LogP contribution is -1.98. The number of benzene rings is 2. The van der Waals surface area contributed by atoms with E-state index >= 15 is 0 Å². The van der Waals surface area contributed by atoms with Gasteiger partial charge in [-0.25, -0.2) is 0 Å². The second-order valence-corrected chi connectivity index (χ2v) is 5.05. The van der Waals surface area contributed by atoms with Crippen molar-refractivity contribution in [1.29, 1.82) is 0 Å². The van der Waals surface area contributed by atoms with Crippen LogP contribution in [0.15, 0.2) is 47.4 Å². The molecule has 0 fully saturated rings. The Morgan fingerprint density at radius 1 is 1.22 bits per heavy atom. The molecule has 0 saturated heterocycles. The first-order valence-electron chi connectivity index (χ1n) is 5.57. The molecule has 0 radical (unpaired) electrons. The van der Waals surface area contributed by atoms with E-state index in [9.17, 15) is 5.11 Å². The average Bonchev–Trinajstić information content (AvgIpc) is 2.82. The quantitative estimate of drug-likeness (QED) is 0.895. The summed E-state index contributed by atoms with van der Waals surface area (Å²) >= 11 is 1.64. The summed E-state index contributed by atoms with van der Waals surface area (Å²) < 4.78 is 10.9. The molecule has 18 heavy (non-hydrogen) atoms. The summed E-state index contributed by atoms with van der Waals surface area (Å²) in [5.74, 6) is 1.50. The predicted octanol–water partition coefficient (Wildman–Crippen LogP) is 3.58. The largest absolute Gasteiger partial charge is 0.504 e. The van der Waals surface area contributed by atoms with Gasteiger partial charge in [0.25, 0.3) is 0 Å². The molecule has 0 saturated carbocycles. The number of thioether (sulfide) groups is 1. The number of phenolic OH excluding ortho intramolecular Hbond substituents is 1. The van der Waals surface area contributed by atoms with Gasteiger partial charge in [0.1, 0.15) is 5.75 Å². The van der Waals surface area contributed by atoms with E-state index in [4.69, 9.17) is 9.47 Å². The smallest absolute Gasteiger partial charge is 0.174 e. The maximum atomic E-state index is 9.78. The molecule has 0 amide bonds. The molecular formula is C14H12O3S. The molecule has 1 atom stereocenters. The van der Waals surface area contributed by atoms with Gasteiger partial charge < -0.3 is 14.6 Å².